The molecule has 1 aliphatic heterocycles. The van der Waals surface area contributed by atoms with E-state index in [2.05, 4.69) is 5.32 Å². The van der Waals surface area contributed by atoms with Crippen LogP contribution in [-0.2, 0) is 14.3 Å². The van der Waals surface area contributed by atoms with Gasteiger partial charge in [-0.3, -0.25) is 4.79 Å². The second-order valence-electron chi connectivity index (χ2n) is 5.05. The van der Waals surface area contributed by atoms with Crippen molar-refractivity contribution in [2.45, 2.75) is 38.8 Å². The third-order valence-corrected chi connectivity index (χ3v) is 2.32. The van der Waals surface area contributed by atoms with Crippen LogP contribution in [0.2, 0.25) is 0 Å². The first-order valence-electron chi connectivity index (χ1n) is 5.37. The standard InChI is InChI=1S/C11H21NO3/c1-11(2,3)15-10(13)9-5-8(6-12-9)7-14-4/h8-9,12H,5-7H2,1-4H3/t8-,9-/m0/s1. The summed E-state index contributed by atoms with van der Waals surface area (Å²) in [4.78, 5) is 11.7. The molecule has 4 heteroatoms. The van der Waals surface area contributed by atoms with Crippen LogP contribution in [0.3, 0.4) is 0 Å². The molecule has 0 aromatic carbocycles. The highest BCUT2D eigenvalue weighted by Gasteiger charge is 2.32. The number of rotatable bonds is 3. The fourth-order valence-electron chi connectivity index (χ4n) is 1.72. The Labute approximate surface area is 91.3 Å². The van der Waals surface area contributed by atoms with Gasteiger partial charge in [-0.15, -0.1) is 0 Å². The fourth-order valence-corrected chi connectivity index (χ4v) is 1.72. The molecule has 4 nitrogen and oxygen atoms in total. The van der Waals surface area contributed by atoms with Gasteiger partial charge in [0.2, 0.25) is 0 Å². The van der Waals surface area contributed by atoms with Crippen molar-refractivity contribution in [3.05, 3.63) is 0 Å². The smallest absolute Gasteiger partial charge is 0.323 e. The van der Waals surface area contributed by atoms with Crippen LogP contribution >= 0.6 is 0 Å². The molecular formula is C11H21NO3. The molecule has 0 aromatic rings. The zero-order valence-electron chi connectivity index (χ0n) is 10.0. The van der Waals surface area contributed by atoms with Crippen molar-refractivity contribution in [2.24, 2.45) is 5.92 Å². The summed E-state index contributed by atoms with van der Waals surface area (Å²) >= 11 is 0. The minimum Gasteiger partial charge on any atom is -0.459 e. The van der Waals surface area contributed by atoms with E-state index in [0.29, 0.717) is 12.5 Å². The summed E-state index contributed by atoms with van der Waals surface area (Å²) in [6, 6.07) is -0.163. The molecule has 1 heterocycles. The molecule has 2 atom stereocenters. The van der Waals surface area contributed by atoms with Gasteiger partial charge in [-0.05, 0) is 33.1 Å². The number of methoxy groups -OCH3 is 1. The van der Waals surface area contributed by atoms with Crippen LogP contribution in [-0.4, -0.2) is 37.9 Å². The van der Waals surface area contributed by atoms with Crippen LogP contribution in [0.1, 0.15) is 27.2 Å². The van der Waals surface area contributed by atoms with Gasteiger partial charge in [0.25, 0.3) is 0 Å². The summed E-state index contributed by atoms with van der Waals surface area (Å²) in [5.41, 5.74) is -0.405. The first-order valence-corrected chi connectivity index (χ1v) is 5.37. The minimum absolute atomic E-state index is 0.152. The minimum atomic E-state index is -0.405. The molecule has 0 spiro atoms. The van der Waals surface area contributed by atoms with E-state index in [0.717, 1.165) is 13.0 Å². The summed E-state index contributed by atoms with van der Waals surface area (Å²) in [6.07, 6.45) is 0.808. The quantitative estimate of drug-likeness (QED) is 0.712. The summed E-state index contributed by atoms with van der Waals surface area (Å²) in [7, 11) is 1.68. The summed E-state index contributed by atoms with van der Waals surface area (Å²) in [5.74, 6) is 0.272. The number of carbonyl (C=O) groups excluding carboxylic acids is 1. The Balaban J connectivity index is 2.37. The maximum atomic E-state index is 11.7. The number of carbonyl (C=O) groups is 1. The van der Waals surface area contributed by atoms with Crippen LogP contribution in [0.5, 0.6) is 0 Å². The molecule has 0 amide bonds. The lowest BCUT2D eigenvalue weighted by Crippen LogP contribution is -2.37. The lowest BCUT2D eigenvalue weighted by molar-refractivity contribution is -0.157. The van der Waals surface area contributed by atoms with Crippen LogP contribution in [0, 0.1) is 5.92 Å². The van der Waals surface area contributed by atoms with Gasteiger partial charge in [0, 0.05) is 13.7 Å². The van der Waals surface area contributed by atoms with Crippen molar-refractivity contribution in [1.29, 1.82) is 0 Å². The van der Waals surface area contributed by atoms with Gasteiger partial charge in [-0.25, -0.2) is 0 Å². The molecule has 1 saturated heterocycles. The Kier molecular flexibility index (Phi) is 4.11. The Morgan fingerprint density at radius 2 is 2.13 bits per heavy atom. The predicted molar refractivity (Wildman–Crippen MR) is 57.6 cm³/mol. The lowest BCUT2D eigenvalue weighted by Gasteiger charge is -2.22. The van der Waals surface area contributed by atoms with E-state index in [4.69, 9.17) is 9.47 Å². The molecule has 1 rings (SSSR count). The van der Waals surface area contributed by atoms with Gasteiger partial charge in [-0.2, -0.15) is 0 Å². The van der Waals surface area contributed by atoms with Gasteiger partial charge >= 0.3 is 5.97 Å². The molecule has 0 saturated carbocycles. The van der Waals surface area contributed by atoms with Gasteiger partial charge in [0.1, 0.15) is 11.6 Å². The van der Waals surface area contributed by atoms with E-state index in [9.17, 15) is 4.79 Å². The Bertz CT molecular complexity index is 222. The van der Waals surface area contributed by atoms with Crippen LogP contribution < -0.4 is 5.32 Å². The highest BCUT2D eigenvalue weighted by Crippen LogP contribution is 2.17. The van der Waals surface area contributed by atoms with E-state index in [1.54, 1.807) is 7.11 Å². The topological polar surface area (TPSA) is 47.6 Å². The highest BCUT2D eigenvalue weighted by molar-refractivity contribution is 5.76. The molecule has 0 radical (unpaired) electrons. The number of ether oxygens (including phenoxy) is 2. The zero-order valence-corrected chi connectivity index (χ0v) is 10.0. The third-order valence-electron chi connectivity index (χ3n) is 2.32. The molecule has 0 aliphatic carbocycles. The van der Waals surface area contributed by atoms with Crippen molar-refractivity contribution in [3.8, 4) is 0 Å². The maximum Gasteiger partial charge on any atom is 0.323 e. The number of esters is 1. The summed E-state index contributed by atoms with van der Waals surface area (Å²) in [5, 5.41) is 3.16. The van der Waals surface area contributed by atoms with Crippen molar-refractivity contribution in [3.63, 3.8) is 0 Å². The van der Waals surface area contributed by atoms with Crippen molar-refractivity contribution < 1.29 is 14.3 Å². The molecule has 1 aliphatic rings. The summed E-state index contributed by atoms with van der Waals surface area (Å²) < 4.78 is 10.4. The van der Waals surface area contributed by atoms with Gasteiger partial charge in [0.05, 0.1) is 6.61 Å². The summed E-state index contributed by atoms with van der Waals surface area (Å²) in [6.45, 7) is 7.18. The fraction of sp³-hybridized carbons (Fsp3) is 0.909. The van der Waals surface area contributed by atoms with Crippen molar-refractivity contribution in [2.75, 3.05) is 20.3 Å². The normalized spacial score (nSPS) is 26.7. The largest absolute Gasteiger partial charge is 0.459 e. The Morgan fingerprint density at radius 1 is 1.47 bits per heavy atom. The van der Waals surface area contributed by atoms with E-state index in [1.807, 2.05) is 20.8 Å². The molecule has 0 aromatic heterocycles. The lowest BCUT2D eigenvalue weighted by atomic mass is 10.1. The van der Waals surface area contributed by atoms with Gasteiger partial charge in [0.15, 0.2) is 0 Å². The first kappa shape index (κ1) is 12.5. The molecule has 88 valence electrons. The number of hydrogen-bond donors (Lipinski definition) is 1. The zero-order chi connectivity index (χ0) is 11.5. The van der Waals surface area contributed by atoms with E-state index >= 15 is 0 Å². The molecule has 15 heavy (non-hydrogen) atoms. The molecule has 1 N–H and O–H groups in total. The van der Waals surface area contributed by atoms with Gasteiger partial charge in [-0.1, -0.05) is 0 Å². The molecule has 0 unspecified atom stereocenters. The molecule has 0 bridgehead atoms. The predicted octanol–water partition coefficient (Wildman–Crippen LogP) is 0.953. The Morgan fingerprint density at radius 3 is 2.67 bits per heavy atom. The van der Waals surface area contributed by atoms with Crippen LogP contribution in [0.15, 0.2) is 0 Å². The van der Waals surface area contributed by atoms with Crippen LogP contribution in [0.4, 0.5) is 0 Å². The maximum absolute atomic E-state index is 11.7. The number of nitrogens with one attached hydrogen (secondary N) is 1. The second kappa shape index (κ2) is 4.94. The Hall–Kier alpha value is -0.610. The monoisotopic (exact) mass is 215 g/mol. The average molecular weight is 215 g/mol. The molecule has 1 fully saturated rings. The van der Waals surface area contributed by atoms with Crippen LogP contribution in [0.25, 0.3) is 0 Å². The van der Waals surface area contributed by atoms with Gasteiger partial charge < -0.3 is 14.8 Å². The van der Waals surface area contributed by atoms with E-state index in [1.165, 1.54) is 0 Å². The molecular weight excluding hydrogens is 194 g/mol. The van der Waals surface area contributed by atoms with E-state index < -0.39 is 5.60 Å². The average Bonchev–Trinajstić information content (AvgIpc) is 2.50. The van der Waals surface area contributed by atoms with Crippen molar-refractivity contribution >= 4 is 5.97 Å². The van der Waals surface area contributed by atoms with Crippen molar-refractivity contribution in [1.82, 2.24) is 5.32 Å². The second-order valence-corrected chi connectivity index (χ2v) is 5.05. The SMILES string of the molecule is COC[C@@H]1CN[C@H](C(=O)OC(C)(C)C)C1. The third kappa shape index (κ3) is 4.18. The highest BCUT2D eigenvalue weighted by atomic mass is 16.6. The first-order chi connectivity index (χ1) is 6.92. The van der Waals surface area contributed by atoms with E-state index in [-0.39, 0.29) is 12.0 Å². The number of hydrogen-bond acceptors (Lipinski definition) is 4.